The van der Waals surface area contributed by atoms with Gasteiger partial charge in [-0.25, -0.2) is 16.8 Å². The van der Waals surface area contributed by atoms with Gasteiger partial charge in [0.2, 0.25) is 0 Å². The number of fused-ring (bicyclic) bond motifs is 3. The maximum Gasteiger partial charge on any atom is 0.269 e. The Morgan fingerprint density at radius 3 is 2.77 bits per heavy atom. The maximum absolute atomic E-state index is 13.3. The van der Waals surface area contributed by atoms with Crippen molar-refractivity contribution in [1.82, 2.24) is 8.87 Å². The van der Waals surface area contributed by atoms with E-state index in [-0.39, 0.29) is 9.92 Å². The van der Waals surface area contributed by atoms with E-state index >= 15 is 0 Å². The van der Waals surface area contributed by atoms with Crippen LogP contribution in [0.5, 0.6) is 5.75 Å². The second-order valence-corrected chi connectivity index (χ2v) is 8.44. The summed E-state index contributed by atoms with van der Waals surface area (Å²) >= 11 is 5.98. The van der Waals surface area contributed by atoms with Gasteiger partial charge < -0.3 is 4.74 Å². The smallest absolute Gasteiger partial charge is 0.269 e. The highest BCUT2D eigenvalue weighted by Crippen LogP contribution is 2.34. The molecule has 2 aromatic carbocycles. The van der Waals surface area contributed by atoms with E-state index in [4.69, 9.17) is 16.3 Å². The Bertz CT molecular complexity index is 1110. The summed E-state index contributed by atoms with van der Waals surface area (Å²) in [5.41, 5.74) is 1.48. The number of halogens is 2. The van der Waals surface area contributed by atoms with Crippen molar-refractivity contribution in [3.63, 3.8) is 0 Å². The molecule has 136 valence electrons. The van der Waals surface area contributed by atoms with Crippen molar-refractivity contribution < 1.29 is 17.5 Å². The number of benzene rings is 2. The maximum atomic E-state index is 13.3. The quantitative estimate of drug-likeness (QED) is 0.667. The molecule has 0 unspecified atom stereocenters. The lowest BCUT2D eigenvalue weighted by molar-refractivity contribution is 0.259. The Balaban J connectivity index is 1.90. The van der Waals surface area contributed by atoms with Crippen LogP contribution in [0.4, 0.5) is 4.39 Å². The predicted molar refractivity (Wildman–Crippen MR) is 97.8 cm³/mol. The van der Waals surface area contributed by atoms with E-state index in [1.165, 1.54) is 16.2 Å². The zero-order valence-electron chi connectivity index (χ0n) is 13.9. The molecule has 1 aliphatic rings. The molecule has 0 aliphatic carbocycles. The van der Waals surface area contributed by atoms with E-state index in [0.29, 0.717) is 18.7 Å². The molecule has 26 heavy (non-hydrogen) atoms. The van der Waals surface area contributed by atoms with Crippen LogP contribution in [0.2, 0.25) is 5.02 Å². The van der Waals surface area contributed by atoms with E-state index in [9.17, 15) is 12.8 Å². The van der Waals surface area contributed by atoms with Gasteiger partial charge in [0.15, 0.2) is 0 Å². The molecule has 8 heteroatoms. The summed E-state index contributed by atoms with van der Waals surface area (Å²) in [6.45, 7) is 2.04. The largest absolute Gasteiger partial charge is 0.492 e. The molecule has 4 rings (SSSR count). The van der Waals surface area contributed by atoms with Crippen LogP contribution in [0.3, 0.4) is 0 Å². The molecule has 0 fully saturated rings. The molecule has 3 aromatic rings. The molecule has 1 aromatic heterocycles. The minimum Gasteiger partial charge on any atom is -0.492 e. The van der Waals surface area contributed by atoms with Crippen LogP contribution in [0.15, 0.2) is 47.5 Å². The van der Waals surface area contributed by atoms with Gasteiger partial charge in [0.25, 0.3) is 10.0 Å². The minimum atomic E-state index is -3.96. The van der Waals surface area contributed by atoms with Gasteiger partial charge in [-0.2, -0.15) is 0 Å². The van der Waals surface area contributed by atoms with Crippen LogP contribution in [0.1, 0.15) is 5.56 Å². The highest BCUT2D eigenvalue weighted by Gasteiger charge is 2.24. The fraction of sp³-hybridized carbons (Fsp3) is 0.222. The third kappa shape index (κ3) is 2.76. The molecule has 0 spiro atoms. The van der Waals surface area contributed by atoms with Crippen molar-refractivity contribution in [2.75, 3.05) is 20.2 Å². The average Bonchev–Trinajstić information content (AvgIpc) is 2.92. The van der Waals surface area contributed by atoms with Crippen molar-refractivity contribution in [2.45, 2.75) is 11.4 Å². The standard InChI is InChI=1S/C18H16ClFN2O3S/c1-21-8-9-25-17-4-3-16-13(14(17)11-21)6-7-22(16)26(23,24)18-5-2-12(20)10-15(18)19/h2-7,10H,8-9,11H2,1H3. The third-order valence-electron chi connectivity index (χ3n) is 4.49. The fourth-order valence-corrected chi connectivity index (χ4v) is 5.05. The second-order valence-electron chi connectivity index (χ2n) is 6.25. The number of aromatic nitrogens is 1. The van der Waals surface area contributed by atoms with Crippen LogP contribution in [-0.2, 0) is 16.6 Å². The van der Waals surface area contributed by atoms with Crippen LogP contribution >= 0.6 is 11.6 Å². The lowest BCUT2D eigenvalue weighted by atomic mass is 10.1. The number of likely N-dealkylation sites (N-methyl/N-ethyl adjacent to an activating group) is 1. The number of nitrogens with zero attached hydrogens (tertiary/aromatic N) is 2. The zero-order chi connectivity index (χ0) is 18.5. The number of hydrogen-bond donors (Lipinski definition) is 0. The van der Waals surface area contributed by atoms with E-state index in [0.717, 1.165) is 35.4 Å². The summed E-state index contributed by atoms with van der Waals surface area (Å²) in [4.78, 5) is 1.98. The van der Waals surface area contributed by atoms with Gasteiger partial charge in [0.1, 0.15) is 23.1 Å². The molecular weight excluding hydrogens is 379 g/mol. The van der Waals surface area contributed by atoms with Crippen molar-refractivity contribution in [3.05, 3.63) is 59.0 Å². The van der Waals surface area contributed by atoms with Crippen molar-refractivity contribution in [2.24, 2.45) is 0 Å². The highest BCUT2D eigenvalue weighted by atomic mass is 35.5. The third-order valence-corrected chi connectivity index (χ3v) is 6.67. The molecule has 0 saturated heterocycles. The monoisotopic (exact) mass is 394 g/mol. The molecule has 0 amide bonds. The Hall–Kier alpha value is -2.09. The fourth-order valence-electron chi connectivity index (χ4n) is 3.19. The van der Waals surface area contributed by atoms with Gasteiger partial charge in [-0.3, -0.25) is 4.90 Å². The van der Waals surface area contributed by atoms with Gasteiger partial charge in [-0.05, 0) is 43.4 Å². The van der Waals surface area contributed by atoms with E-state index in [1.807, 2.05) is 7.05 Å². The first-order chi connectivity index (χ1) is 12.4. The first kappa shape index (κ1) is 17.3. The first-order valence-electron chi connectivity index (χ1n) is 8.03. The van der Waals surface area contributed by atoms with Crippen LogP contribution in [0.25, 0.3) is 10.9 Å². The summed E-state index contributed by atoms with van der Waals surface area (Å²) in [6, 6.07) is 8.52. The molecule has 1 aliphatic heterocycles. The summed E-state index contributed by atoms with van der Waals surface area (Å²) in [6.07, 6.45) is 1.49. The SMILES string of the molecule is CN1CCOc2ccc3c(ccn3S(=O)(=O)c3ccc(F)cc3Cl)c2C1. The van der Waals surface area contributed by atoms with Crippen molar-refractivity contribution >= 4 is 32.5 Å². The normalized spacial score (nSPS) is 15.5. The van der Waals surface area contributed by atoms with E-state index in [1.54, 1.807) is 18.2 Å². The van der Waals surface area contributed by atoms with Crippen LogP contribution in [0, 0.1) is 5.82 Å². The van der Waals surface area contributed by atoms with Crippen molar-refractivity contribution in [3.8, 4) is 5.75 Å². The summed E-state index contributed by atoms with van der Waals surface area (Å²) in [5.74, 6) is 0.175. The average molecular weight is 395 g/mol. The number of hydrogen-bond acceptors (Lipinski definition) is 4. The van der Waals surface area contributed by atoms with Crippen molar-refractivity contribution in [1.29, 1.82) is 0 Å². The lowest BCUT2D eigenvalue weighted by Gasteiger charge is -2.13. The summed E-state index contributed by atoms with van der Waals surface area (Å²) in [5, 5.41) is 0.655. The highest BCUT2D eigenvalue weighted by molar-refractivity contribution is 7.90. The van der Waals surface area contributed by atoms with Crippen LogP contribution in [-0.4, -0.2) is 37.5 Å². The van der Waals surface area contributed by atoms with E-state index < -0.39 is 15.8 Å². The lowest BCUT2D eigenvalue weighted by Crippen LogP contribution is -2.20. The molecule has 0 N–H and O–H groups in total. The van der Waals surface area contributed by atoms with Crippen LogP contribution < -0.4 is 4.74 Å². The van der Waals surface area contributed by atoms with Gasteiger partial charge in [0, 0.05) is 30.2 Å². The summed E-state index contributed by atoms with van der Waals surface area (Å²) < 4.78 is 46.4. The Morgan fingerprint density at radius 1 is 1.19 bits per heavy atom. The van der Waals surface area contributed by atoms with E-state index in [2.05, 4.69) is 4.90 Å². The second kappa shape index (κ2) is 6.26. The Morgan fingerprint density at radius 2 is 2.00 bits per heavy atom. The topological polar surface area (TPSA) is 51.5 Å². The molecule has 2 heterocycles. The zero-order valence-corrected chi connectivity index (χ0v) is 15.5. The van der Waals surface area contributed by atoms with Gasteiger partial charge in [-0.15, -0.1) is 0 Å². The Labute approximate surface area is 155 Å². The molecule has 5 nitrogen and oxygen atoms in total. The molecule has 0 saturated carbocycles. The molecule has 0 atom stereocenters. The number of rotatable bonds is 2. The predicted octanol–water partition coefficient (Wildman–Crippen LogP) is 3.50. The van der Waals surface area contributed by atoms with Gasteiger partial charge in [-0.1, -0.05) is 11.6 Å². The molecule has 0 radical (unpaired) electrons. The minimum absolute atomic E-state index is 0.138. The Kier molecular flexibility index (Phi) is 4.17. The number of ether oxygens (including phenoxy) is 1. The summed E-state index contributed by atoms with van der Waals surface area (Å²) in [7, 11) is -1.97. The molecule has 0 bridgehead atoms. The molecular formula is C18H16ClFN2O3S. The first-order valence-corrected chi connectivity index (χ1v) is 9.84. The van der Waals surface area contributed by atoms with Gasteiger partial charge in [0.05, 0.1) is 10.5 Å². The van der Waals surface area contributed by atoms with Gasteiger partial charge >= 0.3 is 0 Å².